The Hall–Kier alpha value is -2.01. The van der Waals surface area contributed by atoms with Gasteiger partial charge in [0.2, 0.25) is 5.88 Å². The molecule has 1 unspecified atom stereocenters. The summed E-state index contributed by atoms with van der Waals surface area (Å²) in [5.41, 5.74) is 0.130. The molecule has 0 spiro atoms. The molecule has 0 saturated heterocycles. The number of rotatable bonds is 3. The van der Waals surface area contributed by atoms with E-state index in [4.69, 9.17) is 4.74 Å². The first kappa shape index (κ1) is 12.4. The van der Waals surface area contributed by atoms with Crippen LogP contribution in [-0.2, 0) is 0 Å². The van der Waals surface area contributed by atoms with Crippen molar-refractivity contribution in [3.63, 3.8) is 0 Å². The number of halogens is 2. The summed E-state index contributed by atoms with van der Waals surface area (Å²) in [6, 6.07) is 6.04. The molecule has 0 radical (unpaired) electrons. The summed E-state index contributed by atoms with van der Waals surface area (Å²) in [6.45, 7) is 0. The van der Waals surface area contributed by atoms with Crippen molar-refractivity contribution >= 4 is 0 Å². The van der Waals surface area contributed by atoms with Crippen LogP contribution in [-0.4, -0.2) is 17.2 Å². The molecule has 0 aliphatic rings. The third-order valence-electron chi connectivity index (χ3n) is 2.54. The van der Waals surface area contributed by atoms with E-state index in [1.54, 1.807) is 12.1 Å². The molecule has 1 aromatic carbocycles. The van der Waals surface area contributed by atoms with E-state index in [1.807, 2.05) is 0 Å². The standard InChI is InChI=1S/C13H11F2NO2/c1-18-13-9(3-2-6-16-13)12(17)10-7-8(14)4-5-11(10)15/h2-7,12,17H,1H3. The zero-order valence-corrected chi connectivity index (χ0v) is 9.60. The fraction of sp³-hybridized carbons (Fsp3) is 0.154. The molecule has 5 heteroatoms. The summed E-state index contributed by atoms with van der Waals surface area (Å²) in [6.07, 6.45) is 0.154. The average molecular weight is 251 g/mol. The van der Waals surface area contributed by atoms with Gasteiger partial charge in [0.25, 0.3) is 0 Å². The van der Waals surface area contributed by atoms with Crippen LogP contribution in [0.2, 0.25) is 0 Å². The van der Waals surface area contributed by atoms with E-state index in [9.17, 15) is 13.9 Å². The van der Waals surface area contributed by atoms with Gasteiger partial charge in [-0.3, -0.25) is 0 Å². The van der Waals surface area contributed by atoms with Crippen LogP contribution in [0.5, 0.6) is 5.88 Å². The van der Waals surface area contributed by atoms with Crippen molar-refractivity contribution < 1.29 is 18.6 Å². The number of nitrogens with zero attached hydrogens (tertiary/aromatic N) is 1. The second-order valence-corrected chi connectivity index (χ2v) is 3.67. The van der Waals surface area contributed by atoms with Gasteiger partial charge in [0.15, 0.2) is 0 Å². The van der Waals surface area contributed by atoms with Crippen LogP contribution >= 0.6 is 0 Å². The van der Waals surface area contributed by atoms with E-state index in [0.717, 1.165) is 18.2 Å². The molecule has 3 nitrogen and oxygen atoms in total. The molecular weight excluding hydrogens is 240 g/mol. The van der Waals surface area contributed by atoms with Gasteiger partial charge in [0.1, 0.15) is 17.7 Å². The summed E-state index contributed by atoms with van der Waals surface area (Å²) < 4.78 is 31.6. The molecule has 1 heterocycles. The van der Waals surface area contributed by atoms with Gasteiger partial charge in [-0.05, 0) is 30.3 Å². The quantitative estimate of drug-likeness (QED) is 0.911. The number of aromatic nitrogens is 1. The van der Waals surface area contributed by atoms with Crippen LogP contribution in [0.3, 0.4) is 0 Å². The summed E-state index contributed by atoms with van der Waals surface area (Å²) >= 11 is 0. The van der Waals surface area contributed by atoms with E-state index >= 15 is 0 Å². The number of aliphatic hydroxyl groups is 1. The lowest BCUT2D eigenvalue weighted by Crippen LogP contribution is -2.06. The van der Waals surface area contributed by atoms with Gasteiger partial charge in [-0.15, -0.1) is 0 Å². The smallest absolute Gasteiger partial charge is 0.219 e. The molecule has 0 saturated carbocycles. The second kappa shape index (κ2) is 5.10. The predicted molar refractivity (Wildman–Crippen MR) is 61.2 cm³/mol. The Morgan fingerprint density at radius 3 is 2.72 bits per heavy atom. The zero-order valence-electron chi connectivity index (χ0n) is 9.60. The predicted octanol–water partition coefficient (Wildman–Crippen LogP) is 2.45. The molecule has 0 aliphatic carbocycles. The van der Waals surface area contributed by atoms with Crippen molar-refractivity contribution in [2.24, 2.45) is 0 Å². The molecule has 1 N–H and O–H groups in total. The lowest BCUT2D eigenvalue weighted by molar-refractivity contribution is 0.207. The molecule has 1 atom stereocenters. The molecule has 2 rings (SSSR count). The van der Waals surface area contributed by atoms with Crippen molar-refractivity contribution in [1.82, 2.24) is 4.98 Å². The fourth-order valence-corrected chi connectivity index (χ4v) is 1.67. The molecule has 0 fully saturated rings. The number of hydrogen-bond donors (Lipinski definition) is 1. The third kappa shape index (κ3) is 2.31. The van der Waals surface area contributed by atoms with Crippen LogP contribution in [0.25, 0.3) is 0 Å². The first-order chi connectivity index (χ1) is 8.63. The van der Waals surface area contributed by atoms with Crippen LogP contribution in [0, 0.1) is 11.6 Å². The summed E-state index contributed by atoms with van der Waals surface area (Å²) in [5, 5.41) is 10.1. The Kier molecular flexibility index (Phi) is 3.53. The van der Waals surface area contributed by atoms with E-state index < -0.39 is 17.7 Å². The molecule has 94 valence electrons. The Balaban J connectivity index is 2.47. The Bertz CT molecular complexity index is 560. The second-order valence-electron chi connectivity index (χ2n) is 3.67. The average Bonchev–Trinajstić information content (AvgIpc) is 2.40. The van der Waals surface area contributed by atoms with Crippen molar-refractivity contribution in [3.8, 4) is 5.88 Å². The zero-order chi connectivity index (χ0) is 13.1. The Labute approximate surface area is 103 Å². The number of ether oxygens (including phenoxy) is 1. The summed E-state index contributed by atoms with van der Waals surface area (Å²) in [5.74, 6) is -1.13. The van der Waals surface area contributed by atoms with Gasteiger partial charge >= 0.3 is 0 Å². The van der Waals surface area contributed by atoms with Crippen LogP contribution < -0.4 is 4.74 Å². The highest BCUT2D eigenvalue weighted by molar-refractivity contribution is 5.36. The van der Waals surface area contributed by atoms with Gasteiger partial charge in [0, 0.05) is 17.3 Å². The monoisotopic (exact) mass is 251 g/mol. The molecular formula is C13H11F2NO2. The molecule has 0 aliphatic heterocycles. The van der Waals surface area contributed by atoms with Crippen molar-refractivity contribution in [2.75, 3.05) is 7.11 Å². The van der Waals surface area contributed by atoms with Gasteiger partial charge < -0.3 is 9.84 Å². The van der Waals surface area contributed by atoms with Gasteiger partial charge in [0.05, 0.1) is 7.11 Å². The van der Waals surface area contributed by atoms with Crippen molar-refractivity contribution in [1.29, 1.82) is 0 Å². The minimum Gasteiger partial charge on any atom is -0.481 e. The molecule has 18 heavy (non-hydrogen) atoms. The third-order valence-corrected chi connectivity index (χ3v) is 2.54. The van der Waals surface area contributed by atoms with E-state index in [-0.39, 0.29) is 17.0 Å². The lowest BCUT2D eigenvalue weighted by atomic mass is 10.0. The topological polar surface area (TPSA) is 42.4 Å². The van der Waals surface area contributed by atoms with E-state index in [0.29, 0.717) is 0 Å². The summed E-state index contributed by atoms with van der Waals surface area (Å²) in [4.78, 5) is 3.90. The highest BCUT2D eigenvalue weighted by Crippen LogP contribution is 2.29. The largest absolute Gasteiger partial charge is 0.481 e. The van der Waals surface area contributed by atoms with Crippen molar-refractivity contribution in [3.05, 3.63) is 59.3 Å². The first-order valence-corrected chi connectivity index (χ1v) is 5.25. The maximum atomic E-state index is 13.6. The molecule has 0 bridgehead atoms. The fourth-order valence-electron chi connectivity index (χ4n) is 1.67. The number of methoxy groups -OCH3 is 1. The lowest BCUT2D eigenvalue weighted by Gasteiger charge is -2.14. The van der Waals surface area contributed by atoms with Crippen LogP contribution in [0.1, 0.15) is 17.2 Å². The minimum absolute atomic E-state index is 0.152. The van der Waals surface area contributed by atoms with E-state index in [2.05, 4.69) is 4.98 Å². The summed E-state index contributed by atoms with van der Waals surface area (Å²) in [7, 11) is 1.39. The molecule has 1 aromatic heterocycles. The van der Waals surface area contributed by atoms with E-state index in [1.165, 1.54) is 13.3 Å². The van der Waals surface area contributed by atoms with Gasteiger partial charge in [-0.1, -0.05) is 0 Å². The number of pyridine rings is 1. The first-order valence-electron chi connectivity index (χ1n) is 5.25. The maximum absolute atomic E-state index is 13.6. The van der Waals surface area contributed by atoms with Crippen LogP contribution in [0.4, 0.5) is 8.78 Å². The van der Waals surface area contributed by atoms with Crippen LogP contribution in [0.15, 0.2) is 36.5 Å². The Morgan fingerprint density at radius 2 is 2.00 bits per heavy atom. The highest BCUT2D eigenvalue weighted by atomic mass is 19.1. The maximum Gasteiger partial charge on any atom is 0.219 e. The van der Waals surface area contributed by atoms with Gasteiger partial charge in [-0.2, -0.15) is 0 Å². The number of benzene rings is 1. The highest BCUT2D eigenvalue weighted by Gasteiger charge is 2.19. The number of aliphatic hydroxyl groups excluding tert-OH is 1. The normalized spacial score (nSPS) is 12.2. The SMILES string of the molecule is COc1ncccc1C(O)c1cc(F)ccc1F. The van der Waals surface area contributed by atoms with Crippen molar-refractivity contribution in [2.45, 2.75) is 6.10 Å². The molecule has 2 aromatic rings. The molecule has 0 amide bonds. The minimum atomic E-state index is -1.33. The number of hydrogen-bond acceptors (Lipinski definition) is 3. The van der Waals surface area contributed by atoms with Gasteiger partial charge in [-0.25, -0.2) is 13.8 Å². The Morgan fingerprint density at radius 1 is 1.22 bits per heavy atom.